The van der Waals surface area contributed by atoms with Crippen molar-refractivity contribution in [2.45, 2.75) is 19.9 Å². The predicted octanol–water partition coefficient (Wildman–Crippen LogP) is 1.52. The number of hydrogen-bond donors (Lipinski definition) is 2. The van der Waals surface area contributed by atoms with Crippen molar-refractivity contribution in [2.75, 3.05) is 23.9 Å². The molecule has 0 aromatic heterocycles. The molecule has 0 heterocycles. The summed E-state index contributed by atoms with van der Waals surface area (Å²) in [7, 11) is -1.02. The summed E-state index contributed by atoms with van der Waals surface area (Å²) < 4.78 is 11.1. The summed E-state index contributed by atoms with van der Waals surface area (Å²) in [6.07, 6.45) is 1.55. The molecule has 2 N–H and O–H groups in total. The Bertz CT molecular complexity index is 562. The molecule has 1 rings (SSSR count). The van der Waals surface area contributed by atoms with Crippen LogP contribution >= 0.6 is 0 Å². The number of benzene rings is 1. The van der Waals surface area contributed by atoms with E-state index >= 15 is 0 Å². The van der Waals surface area contributed by atoms with E-state index < -0.39 is 21.6 Å². The smallest absolute Gasteiger partial charge is 0.293 e. The Morgan fingerprint density at radius 1 is 1.48 bits per heavy atom. The van der Waals surface area contributed by atoms with Gasteiger partial charge < -0.3 is 10.6 Å². The van der Waals surface area contributed by atoms with Crippen LogP contribution in [0.3, 0.4) is 0 Å². The third kappa shape index (κ3) is 5.14. The van der Waals surface area contributed by atoms with Gasteiger partial charge in [-0.3, -0.25) is 19.1 Å². The maximum Gasteiger partial charge on any atom is 0.293 e. The quantitative estimate of drug-likeness (QED) is 0.587. The molecule has 2 unspecified atom stereocenters. The largest absolute Gasteiger partial charge is 0.380 e. The Balaban J connectivity index is 2.93. The highest BCUT2D eigenvalue weighted by atomic mass is 32.2. The molecule has 0 saturated heterocycles. The first-order chi connectivity index (χ1) is 9.85. The second-order valence-corrected chi connectivity index (χ2v) is 6.11. The van der Waals surface area contributed by atoms with E-state index in [1.165, 1.54) is 18.2 Å². The lowest BCUT2D eigenvalue weighted by Gasteiger charge is -2.13. The number of rotatable bonds is 7. The van der Waals surface area contributed by atoms with Crippen LogP contribution in [-0.4, -0.2) is 39.6 Å². The molecule has 1 aromatic carbocycles. The molecule has 0 bridgehead atoms. The molecule has 0 saturated carbocycles. The van der Waals surface area contributed by atoms with Crippen LogP contribution in [0, 0.1) is 10.1 Å². The molecule has 21 heavy (non-hydrogen) atoms. The predicted molar refractivity (Wildman–Crippen MR) is 83.1 cm³/mol. The van der Waals surface area contributed by atoms with Crippen LogP contribution in [0.25, 0.3) is 0 Å². The van der Waals surface area contributed by atoms with E-state index in [9.17, 15) is 19.1 Å². The lowest BCUT2D eigenvalue weighted by molar-refractivity contribution is -0.384. The van der Waals surface area contributed by atoms with Crippen LogP contribution in [0.4, 0.5) is 11.4 Å². The number of carbonyl (C=O) groups excluding carboxylic acids is 1. The highest BCUT2D eigenvalue weighted by molar-refractivity contribution is 7.84. The van der Waals surface area contributed by atoms with Crippen LogP contribution in [0.2, 0.25) is 0 Å². The number of anilines is 1. The summed E-state index contributed by atoms with van der Waals surface area (Å²) in [5, 5.41) is 16.6. The Labute approximate surface area is 125 Å². The van der Waals surface area contributed by atoms with Gasteiger partial charge in [0.2, 0.25) is 0 Å². The molecular weight excluding hydrogens is 294 g/mol. The first-order valence-corrected chi connectivity index (χ1v) is 8.21. The van der Waals surface area contributed by atoms with Crippen molar-refractivity contribution >= 4 is 28.1 Å². The molecule has 0 aliphatic rings. The lowest BCUT2D eigenvalue weighted by Crippen LogP contribution is -2.36. The first kappa shape index (κ1) is 17.1. The summed E-state index contributed by atoms with van der Waals surface area (Å²) in [4.78, 5) is 22.5. The molecule has 2 atom stereocenters. The average Bonchev–Trinajstić information content (AvgIpc) is 2.37. The Hall–Kier alpha value is -1.96. The molecule has 0 aliphatic heterocycles. The summed E-state index contributed by atoms with van der Waals surface area (Å²) in [6.45, 7) is 4.11. The van der Waals surface area contributed by atoms with Crippen LogP contribution in [-0.2, 0) is 10.8 Å². The van der Waals surface area contributed by atoms with E-state index in [1.54, 1.807) is 13.2 Å². The zero-order valence-electron chi connectivity index (χ0n) is 12.2. The van der Waals surface area contributed by atoms with Crippen LogP contribution in [0.5, 0.6) is 0 Å². The number of nitro groups is 1. The number of carbonyl (C=O) groups is 1. The van der Waals surface area contributed by atoms with E-state index in [-0.39, 0.29) is 17.3 Å². The molecule has 0 aliphatic carbocycles. The number of nitrogens with zero attached hydrogens (tertiary/aromatic N) is 1. The summed E-state index contributed by atoms with van der Waals surface area (Å²) >= 11 is 0. The molecule has 1 amide bonds. The molecule has 0 radical (unpaired) electrons. The Morgan fingerprint density at radius 3 is 2.67 bits per heavy atom. The second kappa shape index (κ2) is 7.72. The maximum atomic E-state index is 12.0. The van der Waals surface area contributed by atoms with Crippen LogP contribution in [0.15, 0.2) is 18.2 Å². The SMILES string of the molecule is CCNc1ccc(C(=O)NC(C)CS(C)=O)cc1[N+](=O)[O-]. The van der Waals surface area contributed by atoms with E-state index in [0.717, 1.165) is 0 Å². The van der Waals surface area contributed by atoms with Gasteiger partial charge in [-0.2, -0.15) is 0 Å². The van der Waals surface area contributed by atoms with Gasteiger partial charge in [0.15, 0.2) is 0 Å². The van der Waals surface area contributed by atoms with E-state index in [4.69, 9.17) is 0 Å². The van der Waals surface area contributed by atoms with Gasteiger partial charge in [-0.15, -0.1) is 0 Å². The second-order valence-electron chi connectivity index (χ2n) is 4.63. The van der Waals surface area contributed by atoms with Crippen molar-refractivity contribution in [3.05, 3.63) is 33.9 Å². The minimum atomic E-state index is -1.02. The molecule has 116 valence electrons. The lowest BCUT2D eigenvalue weighted by atomic mass is 10.1. The monoisotopic (exact) mass is 313 g/mol. The molecule has 8 heteroatoms. The number of nitrogens with one attached hydrogen (secondary N) is 2. The number of hydrogen-bond acceptors (Lipinski definition) is 5. The van der Waals surface area contributed by atoms with Crippen molar-refractivity contribution in [2.24, 2.45) is 0 Å². The summed E-state index contributed by atoms with van der Waals surface area (Å²) in [6, 6.07) is 4.01. The molecule has 0 fully saturated rings. The van der Waals surface area contributed by atoms with Crippen molar-refractivity contribution in [3.63, 3.8) is 0 Å². The van der Waals surface area contributed by atoms with Gasteiger partial charge in [0.05, 0.1) is 4.92 Å². The highest BCUT2D eigenvalue weighted by Gasteiger charge is 2.18. The highest BCUT2D eigenvalue weighted by Crippen LogP contribution is 2.25. The molecule has 1 aromatic rings. The Morgan fingerprint density at radius 2 is 2.14 bits per heavy atom. The van der Waals surface area contributed by atoms with Gasteiger partial charge in [-0.25, -0.2) is 0 Å². The van der Waals surface area contributed by atoms with Crippen molar-refractivity contribution in [1.82, 2.24) is 5.32 Å². The minimum absolute atomic E-state index is 0.142. The number of amides is 1. The van der Waals surface area contributed by atoms with Crippen LogP contribution in [0.1, 0.15) is 24.2 Å². The zero-order chi connectivity index (χ0) is 16.0. The summed E-state index contributed by atoms with van der Waals surface area (Å²) in [5.74, 6) is -0.0809. The third-order valence-corrected chi connectivity index (χ3v) is 3.66. The molecular formula is C13H19N3O4S. The van der Waals surface area contributed by atoms with Crippen molar-refractivity contribution < 1.29 is 13.9 Å². The van der Waals surface area contributed by atoms with Gasteiger partial charge in [0.1, 0.15) is 5.69 Å². The fourth-order valence-corrected chi connectivity index (χ4v) is 2.65. The van der Waals surface area contributed by atoms with E-state index in [1.807, 2.05) is 6.92 Å². The normalized spacial score (nSPS) is 13.3. The average molecular weight is 313 g/mol. The van der Waals surface area contributed by atoms with Gasteiger partial charge in [0.25, 0.3) is 11.6 Å². The maximum absolute atomic E-state index is 12.0. The van der Waals surface area contributed by atoms with Gasteiger partial charge in [-0.1, -0.05) is 0 Å². The van der Waals surface area contributed by atoms with E-state index in [2.05, 4.69) is 10.6 Å². The molecule has 0 spiro atoms. The van der Waals surface area contributed by atoms with Crippen LogP contribution < -0.4 is 10.6 Å². The first-order valence-electron chi connectivity index (χ1n) is 6.48. The van der Waals surface area contributed by atoms with Crippen molar-refractivity contribution in [1.29, 1.82) is 0 Å². The van der Waals surface area contributed by atoms with E-state index in [0.29, 0.717) is 18.0 Å². The van der Waals surface area contributed by atoms with Crippen molar-refractivity contribution in [3.8, 4) is 0 Å². The van der Waals surface area contributed by atoms with Gasteiger partial charge in [0, 0.05) is 47.0 Å². The molecule has 7 nitrogen and oxygen atoms in total. The minimum Gasteiger partial charge on any atom is -0.380 e. The Kier molecular flexibility index (Phi) is 6.29. The van der Waals surface area contributed by atoms with Gasteiger partial charge >= 0.3 is 0 Å². The van der Waals surface area contributed by atoms with Gasteiger partial charge in [-0.05, 0) is 26.0 Å². The topological polar surface area (TPSA) is 101 Å². The standard InChI is InChI=1S/C13H19N3O4S/c1-4-14-11-6-5-10(7-12(11)16(18)19)13(17)15-9(2)8-21(3)20/h5-7,9,14H,4,8H2,1-3H3,(H,15,17). The summed E-state index contributed by atoms with van der Waals surface area (Å²) in [5.41, 5.74) is 0.440. The number of nitro benzene ring substituents is 1. The third-order valence-electron chi connectivity index (χ3n) is 2.69. The fourth-order valence-electron chi connectivity index (χ4n) is 1.86. The fraction of sp³-hybridized carbons (Fsp3) is 0.462. The zero-order valence-corrected chi connectivity index (χ0v) is 13.0.